The largest absolute Gasteiger partial charge is 0.508 e. The number of hydrogen-bond donors (Lipinski definition) is 1. The Labute approximate surface area is 82.1 Å². The van der Waals surface area contributed by atoms with Crippen LogP contribution in [0.1, 0.15) is 18.8 Å². The van der Waals surface area contributed by atoms with Crippen LogP contribution in [0.5, 0.6) is 0 Å². The number of hydrogen-bond acceptors (Lipinski definition) is 3. The zero-order valence-corrected chi connectivity index (χ0v) is 7.84. The summed E-state index contributed by atoms with van der Waals surface area (Å²) in [6.07, 6.45) is -2.17. The second-order valence-electron chi connectivity index (χ2n) is 2.58. The van der Waals surface area contributed by atoms with Crippen molar-refractivity contribution in [3.05, 3.63) is 35.9 Å². The van der Waals surface area contributed by atoms with Crippen molar-refractivity contribution >= 4 is 6.16 Å². The second-order valence-corrected chi connectivity index (χ2v) is 2.58. The van der Waals surface area contributed by atoms with Crippen molar-refractivity contribution in [2.24, 2.45) is 0 Å². The van der Waals surface area contributed by atoms with Crippen LogP contribution in [0.25, 0.3) is 0 Å². The average molecular weight is 196 g/mol. The Balaban J connectivity index is 2.72. The maximum Gasteiger partial charge on any atom is 0.508 e. The fraction of sp³-hybridized carbons (Fsp3) is 0.300. The number of benzene rings is 1. The van der Waals surface area contributed by atoms with E-state index in [4.69, 9.17) is 9.84 Å². The maximum absolute atomic E-state index is 10.4. The Bertz CT molecular complexity index is 283. The van der Waals surface area contributed by atoms with Crippen molar-refractivity contribution < 1.29 is 19.4 Å². The average Bonchev–Trinajstić information content (AvgIpc) is 2.18. The normalized spacial score (nSPS) is 12.1. The molecule has 1 rings (SSSR count). The van der Waals surface area contributed by atoms with E-state index in [-0.39, 0.29) is 0 Å². The molecule has 0 bridgehead atoms. The van der Waals surface area contributed by atoms with Gasteiger partial charge in [-0.2, -0.15) is 0 Å². The van der Waals surface area contributed by atoms with Crippen molar-refractivity contribution in [3.8, 4) is 0 Å². The molecule has 76 valence electrons. The standard InChI is InChI=1S/C10H12O4/c1-2-13-9(14-10(11)12)8-6-4-3-5-7-8/h3-7,9H,2H2,1H3,(H,11,12). The quantitative estimate of drug-likeness (QED) is 0.593. The van der Waals surface area contributed by atoms with E-state index in [0.717, 1.165) is 0 Å². The second kappa shape index (κ2) is 5.24. The maximum atomic E-state index is 10.4. The van der Waals surface area contributed by atoms with Gasteiger partial charge in [0.05, 0.1) is 0 Å². The molecule has 0 spiro atoms. The van der Waals surface area contributed by atoms with E-state index < -0.39 is 12.4 Å². The zero-order chi connectivity index (χ0) is 10.4. The monoisotopic (exact) mass is 196 g/mol. The zero-order valence-electron chi connectivity index (χ0n) is 7.84. The minimum atomic E-state index is -1.34. The molecule has 14 heavy (non-hydrogen) atoms. The number of carbonyl (C=O) groups is 1. The molecule has 0 radical (unpaired) electrons. The summed E-state index contributed by atoms with van der Waals surface area (Å²) >= 11 is 0. The van der Waals surface area contributed by atoms with Crippen LogP contribution in [0.3, 0.4) is 0 Å². The molecule has 1 aromatic rings. The molecule has 1 atom stereocenters. The molecule has 0 heterocycles. The smallest absolute Gasteiger partial charge is 0.450 e. The van der Waals surface area contributed by atoms with Gasteiger partial charge in [0.1, 0.15) is 0 Å². The van der Waals surface area contributed by atoms with Crippen LogP contribution in [-0.2, 0) is 9.47 Å². The highest BCUT2D eigenvalue weighted by molar-refractivity contribution is 5.57. The molecule has 1 N–H and O–H groups in total. The molecular formula is C10H12O4. The van der Waals surface area contributed by atoms with E-state index in [1.165, 1.54) is 0 Å². The van der Waals surface area contributed by atoms with Crippen LogP contribution >= 0.6 is 0 Å². The van der Waals surface area contributed by atoms with Gasteiger partial charge in [-0.1, -0.05) is 30.3 Å². The lowest BCUT2D eigenvalue weighted by atomic mass is 10.2. The van der Waals surface area contributed by atoms with Gasteiger partial charge < -0.3 is 14.6 Å². The topological polar surface area (TPSA) is 55.8 Å². The van der Waals surface area contributed by atoms with Gasteiger partial charge in [0, 0.05) is 12.2 Å². The summed E-state index contributed by atoms with van der Waals surface area (Å²) in [5, 5.41) is 8.47. The van der Waals surface area contributed by atoms with Crippen molar-refractivity contribution in [1.29, 1.82) is 0 Å². The van der Waals surface area contributed by atoms with Gasteiger partial charge in [0.25, 0.3) is 0 Å². The first kappa shape index (κ1) is 10.5. The predicted octanol–water partition coefficient (Wildman–Crippen LogP) is 2.42. The predicted molar refractivity (Wildman–Crippen MR) is 49.9 cm³/mol. The first-order valence-electron chi connectivity index (χ1n) is 4.30. The minimum Gasteiger partial charge on any atom is -0.450 e. The van der Waals surface area contributed by atoms with Gasteiger partial charge in [-0.25, -0.2) is 4.79 Å². The van der Waals surface area contributed by atoms with Crippen molar-refractivity contribution in [2.45, 2.75) is 13.2 Å². The summed E-state index contributed by atoms with van der Waals surface area (Å²) in [6.45, 7) is 2.17. The highest BCUT2D eigenvalue weighted by atomic mass is 16.8. The molecule has 0 aliphatic carbocycles. The molecule has 0 fully saturated rings. The van der Waals surface area contributed by atoms with E-state index in [1.54, 1.807) is 31.2 Å². The van der Waals surface area contributed by atoms with E-state index in [0.29, 0.717) is 12.2 Å². The molecule has 0 saturated heterocycles. The molecule has 0 aromatic heterocycles. The van der Waals surface area contributed by atoms with Gasteiger partial charge in [-0.05, 0) is 6.92 Å². The third-order valence-electron chi connectivity index (χ3n) is 1.60. The van der Waals surface area contributed by atoms with E-state index >= 15 is 0 Å². The highest BCUT2D eigenvalue weighted by Crippen LogP contribution is 2.18. The lowest BCUT2D eigenvalue weighted by Gasteiger charge is -2.15. The Morgan fingerprint density at radius 2 is 2.07 bits per heavy atom. The van der Waals surface area contributed by atoms with E-state index in [9.17, 15) is 4.79 Å². The molecule has 0 amide bonds. The van der Waals surface area contributed by atoms with Crippen molar-refractivity contribution in [1.82, 2.24) is 0 Å². The van der Waals surface area contributed by atoms with E-state index in [1.807, 2.05) is 6.07 Å². The van der Waals surface area contributed by atoms with Crippen molar-refractivity contribution in [3.63, 3.8) is 0 Å². The first-order valence-corrected chi connectivity index (χ1v) is 4.30. The van der Waals surface area contributed by atoms with Crippen molar-refractivity contribution in [2.75, 3.05) is 6.61 Å². The molecule has 0 aliphatic heterocycles. The fourth-order valence-corrected chi connectivity index (χ4v) is 1.05. The third kappa shape index (κ3) is 3.06. The van der Waals surface area contributed by atoms with Crippen LogP contribution < -0.4 is 0 Å². The van der Waals surface area contributed by atoms with Crippen LogP contribution in [0.15, 0.2) is 30.3 Å². The van der Waals surface area contributed by atoms with Crippen LogP contribution in [0.4, 0.5) is 4.79 Å². The number of ether oxygens (including phenoxy) is 2. The van der Waals surface area contributed by atoms with Gasteiger partial charge in [-0.3, -0.25) is 0 Å². The minimum absolute atomic E-state index is 0.396. The summed E-state index contributed by atoms with van der Waals surface area (Å²) in [6, 6.07) is 8.94. The Morgan fingerprint density at radius 1 is 1.43 bits per heavy atom. The van der Waals surface area contributed by atoms with Gasteiger partial charge in [0.2, 0.25) is 6.29 Å². The summed E-state index contributed by atoms with van der Waals surface area (Å²) in [5.74, 6) is 0. The Morgan fingerprint density at radius 3 is 2.57 bits per heavy atom. The number of carboxylic acid groups (broad SMARTS) is 1. The van der Waals surface area contributed by atoms with Crippen LogP contribution in [0.2, 0.25) is 0 Å². The lowest BCUT2D eigenvalue weighted by Crippen LogP contribution is -2.12. The van der Waals surface area contributed by atoms with E-state index in [2.05, 4.69) is 4.74 Å². The highest BCUT2D eigenvalue weighted by Gasteiger charge is 2.15. The summed E-state index contributed by atoms with van der Waals surface area (Å²) in [4.78, 5) is 10.4. The first-order chi connectivity index (χ1) is 6.74. The van der Waals surface area contributed by atoms with Gasteiger partial charge >= 0.3 is 6.16 Å². The Hall–Kier alpha value is -1.55. The molecule has 1 aromatic carbocycles. The van der Waals surface area contributed by atoms with Crippen LogP contribution in [-0.4, -0.2) is 17.9 Å². The molecule has 0 saturated carbocycles. The lowest BCUT2D eigenvalue weighted by molar-refractivity contribution is -0.116. The summed E-state index contributed by atoms with van der Waals surface area (Å²) in [5.41, 5.74) is 0.691. The SMILES string of the molecule is CCOC(OC(=O)O)c1ccccc1. The summed E-state index contributed by atoms with van der Waals surface area (Å²) in [7, 11) is 0. The summed E-state index contributed by atoms with van der Waals surface area (Å²) < 4.78 is 9.71. The van der Waals surface area contributed by atoms with Gasteiger partial charge in [0.15, 0.2) is 0 Å². The molecule has 0 aliphatic rings. The molecule has 4 heteroatoms. The molecule has 1 unspecified atom stereocenters. The molecule has 4 nitrogen and oxygen atoms in total. The Kier molecular flexibility index (Phi) is 3.94. The van der Waals surface area contributed by atoms with Crippen LogP contribution in [0, 0.1) is 0 Å². The number of rotatable bonds is 4. The van der Waals surface area contributed by atoms with Gasteiger partial charge in [-0.15, -0.1) is 0 Å². The third-order valence-corrected chi connectivity index (χ3v) is 1.60. The molecular weight excluding hydrogens is 184 g/mol. The fourth-order valence-electron chi connectivity index (χ4n) is 1.05.